The van der Waals surface area contributed by atoms with Gasteiger partial charge in [-0.15, -0.1) is 0 Å². The van der Waals surface area contributed by atoms with Crippen LogP contribution in [0.3, 0.4) is 0 Å². The number of carbonyl (C=O) groups excluding carboxylic acids is 2. The maximum atomic E-state index is 14.5. The predicted octanol–water partition coefficient (Wildman–Crippen LogP) is 9.42. The van der Waals surface area contributed by atoms with Crippen molar-refractivity contribution < 1.29 is 27.5 Å². The Morgan fingerprint density at radius 1 is 0.800 bits per heavy atom. The van der Waals surface area contributed by atoms with E-state index in [9.17, 15) is 22.8 Å². The van der Waals surface area contributed by atoms with Gasteiger partial charge in [0.2, 0.25) is 0 Å². The van der Waals surface area contributed by atoms with Gasteiger partial charge in [0.05, 0.1) is 5.56 Å². The van der Waals surface area contributed by atoms with E-state index in [4.69, 9.17) is 4.74 Å². The molecule has 0 aliphatic heterocycles. The van der Waals surface area contributed by atoms with Crippen LogP contribution in [0.15, 0.2) is 125 Å². The normalized spacial score (nSPS) is 12.3. The standard InChI is InChI=1S/C37H28F3NO3S/c38-37(39,40)33-21-27(24-10-2-1-3-11-24)20-25(35(33)45-34-17-9-4-12-26(34)22-42)18-19-41-36(43)44-23-32-30-15-7-5-13-28(30)29-14-6-8-16-31(29)32/h1-17,20-22,32H,18-19,23H2,(H,41,43). The average Bonchev–Trinajstić information content (AvgIpc) is 3.38. The molecule has 1 aliphatic carbocycles. The smallest absolute Gasteiger partial charge is 0.417 e. The molecule has 0 heterocycles. The van der Waals surface area contributed by atoms with E-state index in [1.165, 1.54) is 0 Å². The van der Waals surface area contributed by atoms with Crippen LogP contribution in [0.5, 0.6) is 0 Å². The summed E-state index contributed by atoms with van der Waals surface area (Å²) in [5.41, 5.74) is 5.33. The van der Waals surface area contributed by atoms with Crippen molar-refractivity contribution in [2.75, 3.05) is 13.2 Å². The van der Waals surface area contributed by atoms with Gasteiger partial charge in [0.25, 0.3) is 0 Å². The molecule has 0 radical (unpaired) electrons. The van der Waals surface area contributed by atoms with Gasteiger partial charge in [-0.25, -0.2) is 4.79 Å². The molecule has 226 valence electrons. The lowest BCUT2D eigenvalue weighted by molar-refractivity contribution is -0.139. The number of aldehydes is 1. The van der Waals surface area contributed by atoms with Gasteiger partial charge in [0.1, 0.15) is 6.61 Å². The molecular weight excluding hydrogens is 595 g/mol. The van der Waals surface area contributed by atoms with Crippen molar-refractivity contribution in [3.8, 4) is 22.3 Å². The molecular formula is C37H28F3NO3S. The molecule has 0 atom stereocenters. The second-order valence-corrected chi connectivity index (χ2v) is 11.7. The predicted molar refractivity (Wildman–Crippen MR) is 170 cm³/mol. The highest BCUT2D eigenvalue weighted by atomic mass is 32.2. The lowest BCUT2D eigenvalue weighted by Gasteiger charge is -2.20. The summed E-state index contributed by atoms with van der Waals surface area (Å²) in [5, 5.41) is 2.73. The van der Waals surface area contributed by atoms with Crippen LogP contribution in [-0.2, 0) is 17.3 Å². The van der Waals surface area contributed by atoms with E-state index in [1.807, 2.05) is 36.4 Å². The number of nitrogens with one attached hydrogen (secondary N) is 1. The minimum absolute atomic E-state index is 0.00850. The first-order valence-electron chi connectivity index (χ1n) is 14.4. The zero-order valence-electron chi connectivity index (χ0n) is 24.0. The van der Waals surface area contributed by atoms with Crippen molar-refractivity contribution in [3.63, 3.8) is 0 Å². The molecule has 1 N–H and O–H groups in total. The van der Waals surface area contributed by atoms with E-state index in [-0.39, 0.29) is 30.4 Å². The number of rotatable bonds is 9. The van der Waals surface area contributed by atoms with E-state index in [0.29, 0.717) is 33.4 Å². The van der Waals surface area contributed by atoms with Crippen LogP contribution in [0.2, 0.25) is 0 Å². The Labute approximate surface area is 263 Å². The monoisotopic (exact) mass is 623 g/mol. The third-order valence-electron chi connectivity index (χ3n) is 7.84. The SMILES string of the molecule is O=Cc1ccccc1Sc1c(CCNC(=O)OCC2c3ccccc3-c3ccccc32)cc(-c2ccccc2)cc1C(F)(F)F. The third-order valence-corrected chi connectivity index (χ3v) is 9.12. The first kappa shape index (κ1) is 30.2. The average molecular weight is 624 g/mol. The van der Waals surface area contributed by atoms with Crippen LogP contribution in [0.25, 0.3) is 22.3 Å². The van der Waals surface area contributed by atoms with Crippen molar-refractivity contribution >= 4 is 24.1 Å². The first-order valence-corrected chi connectivity index (χ1v) is 15.3. The maximum Gasteiger partial charge on any atom is 0.417 e. The molecule has 5 aromatic carbocycles. The van der Waals surface area contributed by atoms with Crippen LogP contribution >= 0.6 is 11.8 Å². The second-order valence-electron chi connectivity index (χ2n) is 10.6. The van der Waals surface area contributed by atoms with Crippen molar-refractivity contribution in [2.45, 2.75) is 28.3 Å². The highest BCUT2D eigenvalue weighted by Gasteiger charge is 2.36. The molecule has 4 nitrogen and oxygen atoms in total. The van der Waals surface area contributed by atoms with Gasteiger partial charge in [-0.1, -0.05) is 109 Å². The number of halogens is 3. The summed E-state index contributed by atoms with van der Waals surface area (Å²) in [5.74, 6) is -0.110. The van der Waals surface area contributed by atoms with Crippen molar-refractivity contribution in [3.05, 3.63) is 143 Å². The Bertz CT molecular complexity index is 1810. The number of hydrogen-bond acceptors (Lipinski definition) is 4. The number of amides is 1. The molecule has 1 aliphatic rings. The molecule has 0 saturated heterocycles. The number of ether oxygens (including phenoxy) is 1. The molecule has 0 bridgehead atoms. The summed E-state index contributed by atoms with van der Waals surface area (Å²) in [4.78, 5) is 24.9. The number of alkyl halides is 3. The number of carbonyl (C=O) groups is 2. The summed E-state index contributed by atoms with van der Waals surface area (Å²) in [6.07, 6.45) is -4.56. The molecule has 8 heteroatoms. The van der Waals surface area contributed by atoms with Crippen LogP contribution in [0.1, 0.15) is 38.5 Å². The van der Waals surface area contributed by atoms with Gasteiger partial charge >= 0.3 is 12.3 Å². The molecule has 0 fully saturated rings. The third kappa shape index (κ3) is 6.51. The van der Waals surface area contributed by atoms with Crippen LogP contribution < -0.4 is 5.32 Å². The Balaban J connectivity index is 1.23. The highest BCUT2D eigenvalue weighted by Crippen LogP contribution is 2.46. The van der Waals surface area contributed by atoms with E-state index in [0.717, 1.165) is 40.1 Å². The Kier molecular flexibility index (Phi) is 8.76. The van der Waals surface area contributed by atoms with E-state index in [2.05, 4.69) is 17.4 Å². The fourth-order valence-electron chi connectivity index (χ4n) is 5.73. The first-order chi connectivity index (χ1) is 21.8. The van der Waals surface area contributed by atoms with Gasteiger partial charge in [0.15, 0.2) is 6.29 Å². The molecule has 6 rings (SSSR count). The molecule has 45 heavy (non-hydrogen) atoms. The fraction of sp³-hybridized carbons (Fsp3) is 0.135. The van der Waals surface area contributed by atoms with Crippen LogP contribution in [0, 0.1) is 0 Å². The van der Waals surface area contributed by atoms with Crippen LogP contribution in [0.4, 0.5) is 18.0 Å². The zero-order chi connectivity index (χ0) is 31.4. The number of alkyl carbamates (subject to hydrolysis) is 1. The second kappa shape index (κ2) is 13.0. The molecule has 0 unspecified atom stereocenters. The Morgan fingerprint density at radius 2 is 1.42 bits per heavy atom. The maximum absolute atomic E-state index is 14.5. The van der Waals surface area contributed by atoms with Gasteiger partial charge in [-0.2, -0.15) is 13.2 Å². The zero-order valence-corrected chi connectivity index (χ0v) is 24.8. The minimum Gasteiger partial charge on any atom is -0.449 e. The summed E-state index contributed by atoms with van der Waals surface area (Å²) >= 11 is 0.900. The van der Waals surface area contributed by atoms with Crippen molar-refractivity contribution in [1.29, 1.82) is 0 Å². The van der Waals surface area contributed by atoms with Gasteiger partial charge < -0.3 is 10.1 Å². The number of hydrogen-bond donors (Lipinski definition) is 1. The van der Waals surface area contributed by atoms with E-state index < -0.39 is 17.8 Å². The van der Waals surface area contributed by atoms with E-state index >= 15 is 0 Å². The van der Waals surface area contributed by atoms with Gasteiger partial charge in [-0.3, -0.25) is 4.79 Å². The Morgan fingerprint density at radius 3 is 2.09 bits per heavy atom. The molecule has 0 spiro atoms. The summed E-state index contributed by atoms with van der Waals surface area (Å²) < 4.78 is 49.3. The lowest BCUT2D eigenvalue weighted by Crippen LogP contribution is -2.28. The number of fused-ring (bicyclic) bond motifs is 3. The highest BCUT2D eigenvalue weighted by molar-refractivity contribution is 7.99. The Hall–Kier alpha value is -4.82. The molecule has 1 amide bonds. The summed E-state index contributed by atoms with van der Waals surface area (Å²) in [6, 6.07) is 34.3. The fourth-order valence-corrected chi connectivity index (χ4v) is 6.91. The number of benzene rings is 5. The summed E-state index contributed by atoms with van der Waals surface area (Å²) in [6.45, 7) is 0.181. The largest absolute Gasteiger partial charge is 0.449 e. The van der Waals surface area contributed by atoms with Crippen molar-refractivity contribution in [2.24, 2.45) is 0 Å². The molecule has 0 saturated carbocycles. The quantitative estimate of drug-likeness (QED) is 0.166. The minimum atomic E-state index is -4.65. The molecule has 5 aromatic rings. The van der Waals surface area contributed by atoms with Gasteiger partial charge in [-0.05, 0) is 63.6 Å². The topological polar surface area (TPSA) is 55.4 Å². The van der Waals surface area contributed by atoms with Crippen LogP contribution in [-0.4, -0.2) is 25.5 Å². The summed E-state index contributed by atoms with van der Waals surface area (Å²) in [7, 11) is 0. The van der Waals surface area contributed by atoms with Gasteiger partial charge in [0, 0.05) is 27.8 Å². The lowest BCUT2D eigenvalue weighted by atomic mass is 9.98. The van der Waals surface area contributed by atoms with Crippen molar-refractivity contribution in [1.82, 2.24) is 5.32 Å². The molecule has 0 aromatic heterocycles. The van der Waals surface area contributed by atoms with E-state index in [1.54, 1.807) is 60.7 Å².